The summed E-state index contributed by atoms with van der Waals surface area (Å²) in [6.45, 7) is 7.63. The minimum atomic E-state index is -2.47. The number of benzene rings is 1. The van der Waals surface area contributed by atoms with Gasteiger partial charge >= 0.3 is 0 Å². The van der Waals surface area contributed by atoms with Crippen LogP contribution in [0.1, 0.15) is 56.7 Å². The molecule has 0 heterocycles. The number of halogens is 2. The third kappa shape index (κ3) is 6.48. The lowest BCUT2D eigenvalue weighted by Crippen LogP contribution is -2.00. The Balaban J connectivity index is 0.000000631. The fourth-order valence-corrected chi connectivity index (χ4v) is 1.29. The van der Waals surface area contributed by atoms with E-state index in [0.717, 1.165) is 5.56 Å². The zero-order valence-electron chi connectivity index (χ0n) is 11.6. The summed E-state index contributed by atoms with van der Waals surface area (Å²) in [5.41, 5.74) is 1.55. The maximum atomic E-state index is 12.3. The maximum absolute atomic E-state index is 12.3. The molecule has 1 aromatic rings. The first kappa shape index (κ1) is 16.8. The summed E-state index contributed by atoms with van der Waals surface area (Å²) in [6, 6.07) is 4.42. The Morgan fingerprint density at radius 3 is 2.17 bits per heavy atom. The lowest BCUT2D eigenvalue weighted by molar-refractivity contribution is -0.116. The molecule has 0 saturated carbocycles. The first-order chi connectivity index (χ1) is 8.42. The molecule has 1 aromatic carbocycles. The van der Waals surface area contributed by atoms with Crippen LogP contribution in [0.5, 0.6) is 0 Å². The van der Waals surface area contributed by atoms with Gasteiger partial charge in [-0.15, -0.1) is 0 Å². The molecule has 0 aliphatic heterocycles. The van der Waals surface area contributed by atoms with Crippen molar-refractivity contribution in [3.8, 4) is 0 Å². The molecule has 3 heteroatoms. The summed E-state index contributed by atoms with van der Waals surface area (Å²) in [4.78, 5) is 10.9. The van der Waals surface area contributed by atoms with E-state index < -0.39 is 6.43 Å². The van der Waals surface area contributed by atoms with Crippen molar-refractivity contribution in [2.24, 2.45) is 0 Å². The molecule has 102 valence electrons. The predicted molar refractivity (Wildman–Crippen MR) is 71.1 cm³/mol. The normalized spacial score (nSPS) is 9.94. The quantitative estimate of drug-likeness (QED) is 0.751. The predicted octanol–water partition coefficient (Wildman–Crippen LogP) is 4.87. The smallest absolute Gasteiger partial charge is 0.263 e. The van der Waals surface area contributed by atoms with Crippen molar-refractivity contribution in [3.05, 3.63) is 34.9 Å². The lowest BCUT2D eigenvalue weighted by Gasteiger charge is -2.06. The SMILES string of the molecule is CC(=O)Cc1cc(C(F)F)ccc1C.CCCC. The van der Waals surface area contributed by atoms with Gasteiger partial charge < -0.3 is 0 Å². The molecule has 0 aliphatic carbocycles. The summed E-state index contributed by atoms with van der Waals surface area (Å²) in [5, 5.41) is 0. The Labute approximate surface area is 108 Å². The van der Waals surface area contributed by atoms with Crippen molar-refractivity contribution in [3.63, 3.8) is 0 Å². The van der Waals surface area contributed by atoms with Crippen molar-refractivity contribution >= 4 is 5.78 Å². The second kappa shape index (κ2) is 8.78. The Bertz CT molecular complexity index is 371. The Hall–Kier alpha value is -1.25. The Kier molecular flexibility index (Phi) is 8.17. The molecule has 0 atom stereocenters. The Morgan fingerprint density at radius 1 is 1.22 bits per heavy atom. The zero-order chi connectivity index (χ0) is 14.1. The van der Waals surface area contributed by atoms with Crippen LogP contribution in [0, 0.1) is 6.92 Å². The monoisotopic (exact) mass is 256 g/mol. The molecular formula is C15H22F2O. The summed E-state index contributed by atoms with van der Waals surface area (Å²) in [7, 11) is 0. The second-order valence-electron chi connectivity index (χ2n) is 4.37. The van der Waals surface area contributed by atoms with Gasteiger partial charge in [0.15, 0.2) is 0 Å². The Morgan fingerprint density at radius 2 is 1.78 bits per heavy atom. The molecule has 0 unspecified atom stereocenters. The van der Waals surface area contributed by atoms with Gasteiger partial charge in [-0.2, -0.15) is 0 Å². The van der Waals surface area contributed by atoms with Crippen LogP contribution in [0.25, 0.3) is 0 Å². The minimum Gasteiger partial charge on any atom is -0.300 e. The number of unbranched alkanes of at least 4 members (excludes halogenated alkanes) is 1. The van der Waals surface area contributed by atoms with Gasteiger partial charge in [0.25, 0.3) is 6.43 Å². The number of alkyl halides is 2. The van der Waals surface area contributed by atoms with Crippen LogP contribution in [0.15, 0.2) is 18.2 Å². The first-order valence-corrected chi connectivity index (χ1v) is 6.29. The molecule has 0 bridgehead atoms. The van der Waals surface area contributed by atoms with E-state index in [-0.39, 0.29) is 17.8 Å². The highest BCUT2D eigenvalue weighted by Crippen LogP contribution is 2.21. The summed E-state index contributed by atoms with van der Waals surface area (Å²) < 4.78 is 24.7. The molecule has 0 aliphatic rings. The number of hydrogen-bond acceptors (Lipinski definition) is 1. The highest BCUT2D eigenvalue weighted by Gasteiger charge is 2.09. The van der Waals surface area contributed by atoms with Crippen LogP contribution in [-0.2, 0) is 11.2 Å². The fraction of sp³-hybridized carbons (Fsp3) is 0.533. The van der Waals surface area contributed by atoms with E-state index in [1.54, 1.807) is 6.07 Å². The number of carbonyl (C=O) groups excluding carboxylic acids is 1. The molecule has 0 amide bonds. The van der Waals surface area contributed by atoms with Crippen LogP contribution >= 0.6 is 0 Å². The van der Waals surface area contributed by atoms with E-state index in [0.29, 0.717) is 5.56 Å². The number of hydrogen-bond donors (Lipinski definition) is 0. The lowest BCUT2D eigenvalue weighted by atomic mass is 10.0. The summed E-state index contributed by atoms with van der Waals surface area (Å²) >= 11 is 0. The van der Waals surface area contributed by atoms with E-state index in [1.807, 2.05) is 6.92 Å². The molecule has 0 spiro atoms. The minimum absolute atomic E-state index is 0.0143. The van der Waals surface area contributed by atoms with Gasteiger partial charge in [0, 0.05) is 12.0 Å². The molecule has 0 aromatic heterocycles. The van der Waals surface area contributed by atoms with Gasteiger partial charge in [-0.25, -0.2) is 8.78 Å². The molecule has 0 radical (unpaired) electrons. The maximum Gasteiger partial charge on any atom is 0.263 e. The molecular weight excluding hydrogens is 234 g/mol. The van der Waals surface area contributed by atoms with Crippen LogP contribution < -0.4 is 0 Å². The average Bonchev–Trinajstić information content (AvgIpc) is 2.31. The van der Waals surface area contributed by atoms with E-state index in [9.17, 15) is 13.6 Å². The summed E-state index contributed by atoms with van der Waals surface area (Å²) in [6.07, 6.45) is 0.396. The molecule has 0 saturated heterocycles. The van der Waals surface area contributed by atoms with Crippen molar-refractivity contribution in [2.45, 2.75) is 53.4 Å². The van der Waals surface area contributed by atoms with Crippen molar-refractivity contribution in [1.82, 2.24) is 0 Å². The highest BCUT2D eigenvalue weighted by atomic mass is 19.3. The van der Waals surface area contributed by atoms with Crippen molar-refractivity contribution in [2.75, 3.05) is 0 Å². The number of aryl methyl sites for hydroxylation is 1. The highest BCUT2D eigenvalue weighted by molar-refractivity contribution is 5.78. The second-order valence-corrected chi connectivity index (χ2v) is 4.37. The van der Waals surface area contributed by atoms with Gasteiger partial charge in [0.05, 0.1) is 0 Å². The van der Waals surface area contributed by atoms with Gasteiger partial charge in [0.1, 0.15) is 5.78 Å². The van der Waals surface area contributed by atoms with Gasteiger partial charge in [0.2, 0.25) is 0 Å². The van der Waals surface area contributed by atoms with Crippen LogP contribution in [0.4, 0.5) is 8.78 Å². The van der Waals surface area contributed by atoms with Crippen LogP contribution in [0.3, 0.4) is 0 Å². The van der Waals surface area contributed by atoms with Crippen LogP contribution in [-0.4, -0.2) is 5.78 Å². The van der Waals surface area contributed by atoms with E-state index in [4.69, 9.17) is 0 Å². The van der Waals surface area contributed by atoms with Crippen LogP contribution in [0.2, 0.25) is 0 Å². The number of carbonyl (C=O) groups is 1. The molecule has 0 N–H and O–H groups in total. The van der Waals surface area contributed by atoms with E-state index in [1.165, 1.54) is 31.9 Å². The average molecular weight is 256 g/mol. The third-order valence-electron chi connectivity index (χ3n) is 2.56. The van der Waals surface area contributed by atoms with Gasteiger partial charge in [-0.05, 0) is 31.0 Å². The zero-order valence-corrected chi connectivity index (χ0v) is 11.6. The van der Waals surface area contributed by atoms with Crippen molar-refractivity contribution < 1.29 is 13.6 Å². The summed E-state index contributed by atoms with van der Waals surface area (Å²) in [5.74, 6) is -0.0143. The molecule has 1 nitrogen and oxygen atoms in total. The standard InChI is InChI=1S/C11H12F2O.C4H10/c1-7-3-4-9(11(12)13)6-10(7)5-8(2)14;1-3-4-2/h3-4,6,11H,5H2,1-2H3;3-4H2,1-2H3. The molecule has 18 heavy (non-hydrogen) atoms. The van der Waals surface area contributed by atoms with E-state index in [2.05, 4.69) is 13.8 Å². The topological polar surface area (TPSA) is 17.1 Å². The molecule has 0 fully saturated rings. The number of Topliss-reactive ketones (excluding diaryl/α,β-unsaturated/α-hetero) is 1. The van der Waals surface area contributed by atoms with E-state index >= 15 is 0 Å². The van der Waals surface area contributed by atoms with Gasteiger partial charge in [-0.1, -0.05) is 38.8 Å². The fourth-order valence-electron chi connectivity index (χ4n) is 1.29. The molecule has 1 rings (SSSR count). The number of rotatable bonds is 4. The van der Waals surface area contributed by atoms with Gasteiger partial charge in [-0.3, -0.25) is 4.79 Å². The first-order valence-electron chi connectivity index (χ1n) is 6.29. The number of ketones is 1. The third-order valence-corrected chi connectivity index (χ3v) is 2.56. The van der Waals surface area contributed by atoms with Crippen molar-refractivity contribution in [1.29, 1.82) is 0 Å². The largest absolute Gasteiger partial charge is 0.300 e.